The molecule has 0 saturated carbocycles. The molecule has 9 N–H and O–H groups in total. The first-order valence-corrected chi connectivity index (χ1v) is 32.5. The molecule has 93 heavy (non-hydrogen) atoms. The highest BCUT2D eigenvalue weighted by Crippen LogP contribution is 2.37. The summed E-state index contributed by atoms with van der Waals surface area (Å²) in [5, 5.41) is 64.0. The monoisotopic (exact) mass is 1290 g/mol. The van der Waals surface area contributed by atoms with Gasteiger partial charge in [0.1, 0.15) is 35.6 Å². The maximum absolute atomic E-state index is 14.4. The molecule has 9 rings (SSSR count). The number of aryl methyl sites for hydroxylation is 4. The zero-order valence-electron chi connectivity index (χ0n) is 53.2. The van der Waals surface area contributed by atoms with E-state index in [0.717, 1.165) is 49.7 Å². The number of carbonyl (C=O) groups excluding carboxylic acids is 6. The Balaban J connectivity index is 0.00000150. The minimum atomic E-state index is -5.08. The quantitative estimate of drug-likeness (QED) is 0.0313. The predicted octanol–water partition coefficient (Wildman–Crippen LogP) is 4.45. The topological polar surface area (TPSA) is 320 Å². The van der Waals surface area contributed by atoms with E-state index in [1.165, 1.54) is 11.1 Å². The second kappa shape index (κ2) is 33.6. The molecule has 6 amide bonds. The minimum Gasteiger partial charge on any atom is -0.475 e. The van der Waals surface area contributed by atoms with Gasteiger partial charge in [0.15, 0.2) is 0 Å². The van der Waals surface area contributed by atoms with Crippen LogP contribution in [-0.2, 0) is 59.5 Å². The third-order valence-electron chi connectivity index (χ3n) is 18.6. The van der Waals surface area contributed by atoms with E-state index in [9.17, 15) is 52.2 Å². The van der Waals surface area contributed by atoms with Crippen molar-refractivity contribution in [2.75, 3.05) is 27.3 Å². The third-order valence-corrected chi connectivity index (χ3v) is 18.6. The van der Waals surface area contributed by atoms with Crippen LogP contribution in [-0.4, -0.2) is 178 Å². The van der Waals surface area contributed by atoms with E-state index in [1.807, 2.05) is 96.3 Å². The SMILES string of the molecule is CC[C@H](NC)C(=O)N[C@@H]1C(=O)N2[C@@H](CC[C@@H]1CO)CC[C@H]2C(=O)N[C@@H](c1ccccc1)c1cn(CCCCc2ccc(CCCCn3cc([C@@H](NC(=O)[C@@H]4CC[C@@H]5CC[C@H](CO)[C@H](NC(=O)[C@H](CC)NC)C(=O)N54)c4ccccc4)nn3)cc2)nn1.O=C(O)C(F)(F)F. The number of aliphatic hydroxyl groups is 2. The van der Waals surface area contributed by atoms with Gasteiger partial charge in [-0.15, -0.1) is 10.2 Å². The summed E-state index contributed by atoms with van der Waals surface area (Å²) in [5.74, 6) is -5.55. The number of alkyl halides is 3. The van der Waals surface area contributed by atoms with Crippen LogP contribution in [0.1, 0.15) is 149 Å². The number of carboxylic acids is 1. The molecule has 5 aromatic rings. The molecular formula is C66H89F3N14O10. The van der Waals surface area contributed by atoms with Gasteiger partial charge in [-0.25, -0.2) is 4.79 Å². The fourth-order valence-electron chi connectivity index (χ4n) is 13.3. The van der Waals surface area contributed by atoms with Crippen LogP contribution >= 0.6 is 0 Å². The zero-order valence-corrected chi connectivity index (χ0v) is 53.2. The van der Waals surface area contributed by atoms with Crippen LogP contribution in [0.4, 0.5) is 13.2 Å². The van der Waals surface area contributed by atoms with Crippen molar-refractivity contribution in [3.63, 3.8) is 0 Å². The summed E-state index contributed by atoms with van der Waals surface area (Å²) >= 11 is 0. The second-order valence-electron chi connectivity index (χ2n) is 24.5. The first-order chi connectivity index (χ1) is 44.8. The Labute approximate surface area is 539 Å². The fraction of sp³-hybridized carbons (Fsp3) is 0.561. The zero-order chi connectivity index (χ0) is 66.8. The number of hydrogen-bond donors (Lipinski definition) is 9. The van der Waals surface area contributed by atoms with E-state index in [1.54, 1.807) is 23.9 Å². The average Bonchev–Trinajstić information content (AvgIpc) is 1.66. The number of rotatable bonds is 28. The van der Waals surface area contributed by atoms with Gasteiger partial charge in [0.2, 0.25) is 35.4 Å². The van der Waals surface area contributed by atoms with Gasteiger partial charge in [-0.1, -0.05) is 109 Å². The lowest BCUT2D eigenvalue weighted by Crippen LogP contribution is -2.58. The van der Waals surface area contributed by atoms with Gasteiger partial charge in [-0.3, -0.25) is 38.1 Å². The Morgan fingerprint density at radius 2 is 0.925 bits per heavy atom. The van der Waals surface area contributed by atoms with Crippen LogP contribution in [0.5, 0.6) is 0 Å². The Bertz CT molecular complexity index is 3060. The molecule has 27 heteroatoms. The first-order valence-electron chi connectivity index (χ1n) is 32.5. The molecule has 12 atom stereocenters. The molecule has 6 heterocycles. The lowest BCUT2D eigenvalue weighted by molar-refractivity contribution is -0.192. The lowest BCUT2D eigenvalue weighted by atomic mass is 9.93. The number of carbonyl (C=O) groups is 7. The molecule has 0 radical (unpaired) electrons. The number of nitrogens with one attached hydrogen (secondary N) is 6. The Kier molecular flexibility index (Phi) is 25.6. The number of halogens is 3. The maximum atomic E-state index is 14.4. The number of carboxylic acid groups (broad SMARTS) is 1. The number of benzene rings is 3. The molecule has 4 fully saturated rings. The second-order valence-corrected chi connectivity index (χ2v) is 24.5. The number of fused-ring (bicyclic) bond motifs is 2. The molecule has 504 valence electrons. The van der Waals surface area contributed by atoms with Crippen molar-refractivity contribution in [3.8, 4) is 0 Å². The molecule has 0 aliphatic carbocycles. The summed E-state index contributed by atoms with van der Waals surface area (Å²) in [7, 11) is 3.40. The average molecular weight is 1300 g/mol. The standard InChI is InChI=1S/C64H88N14O8.C2HF3O2/c1-5-49(65-3)59(81)69-57-45(39-79)27-29-47-31-33-53(77(47)63(57)85)61(83)67-55(43-19-9-7-10-20-43)51-37-75(73-71-51)35-15-13-17-41-23-25-42(26-24-41)18-14-16-36-76-38-52(72-74-76)56(44-21-11-8-12-22-44)68-62(84)54-34-32-48-30-28-46(40-80)58(64(86)78(48)54)70-60(82)50(6-2)66-4;3-2(4,5)1(6)7/h7-12,19-26,37-38,45-50,53-58,65-66,79-80H,5-6,13-18,27-36,39-40H2,1-4H3,(H,67,83)(H,68,84)(H,69,81)(H,70,82);(H,6,7)/t45-,46-,47+,48+,49+,50+,53+,54+,55+,56+,57+,58+;/m1./s1. The summed E-state index contributed by atoms with van der Waals surface area (Å²) in [6, 6.07) is 22.1. The van der Waals surface area contributed by atoms with Gasteiger partial charge in [0, 0.05) is 50.2 Å². The number of unbranched alkanes of at least 4 members (excludes halogenated alkanes) is 2. The van der Waals surface area contributed by atoms with Crippen molar-refractivity contribution < 1.29 is 62.1 Å². The third kappa shape index (κ3) is 18.2. The Hall–Kier alpha value is -8.14. The number of amides is 6. The highest BCUT2D eigenvalue weighted by molar-refractivity contribution is 5.95. The molecule has 4 aliphatic rings. The molecule has 0 unspecified atom stereocenters. The number of aromatic nitrogens is 6. The van der Waals surface area contributed by atoms with Gasteiger partial charge in [-0.05, 0) is 139 Å². The molecule has 24 nitrogen and oxygen atoms in total. The van der Waals surface area contributed by atoms with E-state index in [-0.39, 0.29) is 60.7 Å². The van der Waals surface area contributed by atoms with Crippen molar-refractivity contribution in [1.29, 1.82) is 0 Å². The number of aliphatic carboxylic acids is 1. The van der Waals surface area contributed by atoms with Crippen LogP contribution in [0.25, 0.3) is 0 Å². The van der Waals surface area contributed by atoms with E-state index < -0.39 is 72.3 Å². The number of aliphatic hydroxyl groups excluding tert-OH is 2. The number of likely N-dealkylation sites (N-methyl/N-ethyl adjacent to an activating group) is 2. The van der Waals surface area contributed by atoms with Gasteiger partial charge in [0.05, 0.1) is 36.6 Å². The fourth-order valence-corrected chi connectivity index (χ4v) is 13.3. The molecule has 4 aliphatic heterocycles. The molecule has 3 aromatic carbocycles. The first kappa shape index (κ1) is 70.7. The van der Waals surface area contributed by atoms with Crippen molar-refractivity contribution >= 4 is 41.4 Å². The molecular weight excluding hydrogens is 1210 g/mol. The smallest absolute Gasteiger partial charge is 0.475 e. The number of hydrogen-bond acceptors (Lipinski definition) is 15. The van der Waals surface area contributed by atoms with Crippen LogP contribution in [0, 0.1) is 11.8 Å². The van der Waals surface area contributed by atoms with Crippen molar-refractivity contribution in [3.05, 3.63) is 131 Å². The van der Waals surface area contributed by atoms with E-state index in [0.29, 0.717) is 88.7 Å². The molecule has 2 aromatic heterocycles. The van der Waals surface area contributed by atoms with Crippen molar-refractivity contribution in [2.45, 2.75) is 196 Å². The maximum Gasteiger partial charge on any atom is 0.490 e. The summed E-state index contributed by atoms with van der Waals surface area (Å²) in [4.78, 5) is 95.9. The predicted molar refractivity (Wildman–Crippen MR) is 336 cm³/mol. The normalized spacial score (nSPS) is 22.6. The van der Waals surface area contributed by atoms with Gasteiger partial charge < -0.3 is 57.0 Å². The van der Waals surface area contributed by atoms with E-state index >= 15 is 0 Å². The Morgan fingerprint density at radius 3 is 1.26 bits per heavy atom. The highest BCUT2D eigenvalue weighted by atomic mass is 19.4. The summed E-state index contributed by atoms with van der Waals surface area (Å²) in [6.45, 7) is 4.56. The Morgan fingerprint density at radius 1 is 0.559 bits per heavy atom. The van der Waals surface area contributed by atoms with Crippen LogP contribution < -0.4 is 31.9 Å². The lowest BCUT2D eigenvalue weighted by Gasteiger charge is -2.33. The minimum absolute atomic E-state index is 0.172. The van der Waals surface area contributed by atoms with Crippen LogP contribution in [0.3, 0.4) is 0 Å². The summed E-state index contributed by atoms with van der Waals surface area (Å²) in [6.07, 6.45) is 9.78. The largest absolute Gasteiger partial charge is 0.490 e. The van der Waals surface area contributed by atoms with Crippen molar-refractivity contribution in [1.82, 2.24) is 71.7 Å². The van der Waals surface area contributed by atoms with Crippen LogP contribution in [0.15, 0.2) is 97.3 Å². The van der Waals surface area contributed by atoms with Gasteiger partial charge >= 0.3 is 12.1 Å². The molecule has 0 bridgehead atoms. The van der Waals surface area contributed by atoms with E-state index in [4.69, 9.17) is 9.90 Å². The van der Waals surface area contributed by atoms with Gasteiger partial charge in [0.25, 0.3) is 0 Å². The van der Waals surface area contributed by atoms with Crippen molar-refractivity contribution in [2.24, 2.45) is 11.8 Å². The van der Waals surface area contributed by atoms with Crippen LogP contribution in [0.2, 0.25) is 0 Å². The highest BCUT2D eigenvalue weighted by Gasteiger charge is 2.50. The summed E-state index contributed by atoms with van der Waals surface area (Å²) < 4.78 is 35.4. The summed E-state index contributed by atoms with van der Waals surface area (Å²) in [5.41, 5.74) is 5.34. The molecule has 4 saturated heterocycles. The van der Waals surface area contributed by atoms with Gasteiger partial charge in [-0.2, -0.15) is 13.2 Å². The number of nitrogens with zero attached hydrogens (tertiary/aromatic N) is 8. The van der Waals surface area contributed by atoms with E-state index in [2.05, 4.69) is 76.8 Å². The molecule has 0 spiro atoms.